The van der Waals surface area contributed by atoms with E-state index >= 15 is 0 Å². The second kappa shape index (κ2) is 4.33. The van der Waals surface area contributed by atoms with Crippen molar-refractivity contribution in [1.82, 2.24) is 15.5 Å². The lowest BCUT2D eigenvalue weighted by molar-refractivity contribution is 0.260. The maximum atomic E-state index is 5.31. The Morgan fingerprint density at radius 3 is 3.18 bits per heavy atom. The van der Waals surface area contributed by atoms with Crippen molar-refractivity contribution in [3.63, 3.8) is 0 Å². The molecule has 2 aromatic heterocycles. The van der Waals surface area contributed by atoms with E-state index in [1.165, 1.54) is 6.42 Å². The van der Waals surface area contributed by atoms with Gasteiger partial charge >= 0.3 is 0 Å². The molecule has 0 aliphatic carbocycles. The molecule has 90 valence electrons. The molecule has 5 nitrogen and oxygen atoms in total. The van der Waals surface area contributed by atoms with Crippen molar-refractivity contribution in [3.05, 3.63) is 24.5 Å². The lowest BCUT2D eigenvalue weighted by Gasteiger charge is -2.25. The molecule has 3 heterocycles. The number of nitrogens with zero attached hydrogens (tertiary/aromatic N) is 2. The van der Waals surface area contributed by atoms with E-state index in [1.54, 1.807) is 12.5 Å². The number of nitrogens with one attached hydrogen (secondary N) is 1. The van der Waals surface area contributed by atoms with E-state index in [4.69, 9.17) is 8.94 Å². The molecule has 3 rings (SSSR count). The third kappa shape index (κ3) is 2.10. The van der Waals surface area contributed by atoms with Gasteiger partial charge in [-0.05, 0) is 31.4 Å². The van der Waals surface area contributed by atoms with Gasteiger partial charge in [-0.25, -0.2) is 0 Å². The molecule has 1 fully saturated rings. The van der Waals surface area contributed by atoms with Crippen LogP contribution >= 0.6 is 0 Å². The first kappa shape index (κ1) is 10.5. The fourth-order valence-electron chi connectivity index (χ4n) is 2.18. The zero-order valence-electron chi connectivity index (χ0n) is 9.72. The third-order valence-electron chi connectivity index (χ3n) is 3.19. The Hall–Kier alpha value is -1.62. The molecule has 5 heteroatoms. The molecular weight excluding hydrogens is 218 g/mol. The molecule has 2 unspecified atom stereocenters. The number of furan rings is 1. The monoisotopic (exact) mass is 233 g/mol. The molecule has 0 saturated carbocycles. The van der Waals surface area contributed by atoms with Crippen LogP contribution in [0.1, 0.15) is 31.7 Å². The van der Waals surface area contributed by atoms with Crippen molar-refractivity contribution in [2.75, 3.05) is 6.54 Å². The topological polar surface area (TPSA) is 64.1 Å². The first-order chi connectivity index (χ1) is 8.33. The van der Waals surface area contributed by atoms with E-state index in [0.29, 0.717) is 17.6 Å². The van der Waals surface area contributed by atoms with Gasteiger partial charge in [0.15, 0.2) is 0 Å². The van der Waals surface area contributed by atoms with E-state index in [1.807, 2.05) is 6.07 Å². The summed E-state index contributed by atoms with van der Waals surface area (Å²) in [6, 6.07) is 2.01. The molecule has 1 aliphatic heterocycles. The van der Waals surface area contributed by atoms with Crippen molar-refractivity contribution in [2.24, 2.45) is 5.92 Å². The highest BCUT2D eigenvalue weighted by molar-refractivity contribution is 5.51. The van der Waals surface area contributed by atoms with E-state index < -0.39 is 0 Å². The summed E-state index contributed by atoms with van der Waals surface area (Å²) in [5, 5.41) is 7.38. The average Bonchev–Trinajstić information content (AvgIpc) is 3.00. The molecule has 0 amide bonds. The average molecular weight is 233 g/mol. The maximum Gasteiger partial charge on any atom is 0.244 e. The van der Waals surface area contributed by atoms with Crippen LogP contribution in [0.15, 0.2) is 27.5 Å². The highest BCUT2D eigenvalue weighted by atomic mass is 16.5. The van der Waals surface area contributed by atoms with Gasteiger partial charge in [0.05, 0.1) is 17.9 Å². The van der Waals surface area contributed by atoms with Gasteiger partial charge in [-0.3, -0.25) is 0 Å². The molecule has 2 atom stereocenters. The summed E-state index contributed by atoms with van der Waals surface area (Å²) in [7, 11) is 0. The maximum absolute atomic E-state index is 5.31. The quantitative estimate of drug-likeness (QED) is 0.862. The first-order valence-corrected chi connectivity index (χ1v) is 5.92. The largest absolute Gasteiger partial charge is 0.472 e. The van der Waals surface area contributed by atoms with Gasteiger partial charge in [-0.2, -0.15) is 4.98 Å². The number of hydrogen-bond acceptors (Lipinski definition) is 5. The van der Waals surface area contributed by atoms with Gasteiger partial charge < -0.3 is 14.3 Å². The zero-order chi connectivity index (χ0) is 11.7. The van der Waals surface area contributed by atoms with E-state index in [0.717, 1.165) is 18.5 Å². The van der Waals surface area contributed by atoms with E-state index in [9.17, 15) is 0 Å². The van der Waals surface area contributed by atoms with Gasteiger partial charge in [-0.15, -0.1) is 0 Å². The zero-order valence-corrected chi connectivity index (χ0v) is 9.72. The van der Waals surface area contributed by atoms with Crippen LogP contribution in [0.25, 0.3) is 11.4 Å². The predicted octanol–water partition coefficient (Wildman–Crippen LogP) is 2.39. The fourth-order valence-corrected chi connectivity index (χ4v) is 2.18. The molecular formula is C12H15N3O2. The summed E-state index contributed by atoms with van der Waals surface area (Å²) in [5.74, 6) is 1.96. The second-order valence-electron chi connectivity index (χ2n) is 4.60. The lowest BCUT2D eigenvalue weighted by atomic mass is 9.94. The molecule has 0 bridgehead atoms. The number of rotatable bonds is 2. The Kier molecular flexibility index (Phi) is 2.68. The van der Waals surface area contributed by atoms with E-state index in [2.05, 4.69) is 22.4 Å². The SMILES string of the molecule is CC1CCNC(c2nc(-c3ccoc3)no2)C1. The Bertz CT molecular complexity index is 478. The Morgan fingerprint density at radius 2 is 2.41 bits per heavy atom. The van der Waals surface area contributed by atoms with Gasteiger partial charge in [0.2, 0.25) is 11.7 Å². The summed E-state index contributed by atoms with van der Waals surface area (Å²) in [5.41, 5.74) is 0.851. The minimum atomic E-state index is 0.187. The highest BCUT2D eigenvalue weighted by Gasteiger charge is 2.25. The van der Waals surface area contributed by atoms with Crippen molar-refractivity contribution < 1.29 is 8.94 Å². The molecule has 1 N–H and O–H groups in total. The van der Waals surface area contributed by atoms with Gasteiger partial charge in [0.25, 0.3) is 0 Å². The Balaban J connectivity index is 1.80. The third-order valence-corrected chi connectivity index (χ3v) is 3.19. The number of aromatic nitrogens is 2. The molecule has 0 radical (unpaired) electrons. The summed E-state index contributed by atoms with van der Waals surface area (Å²) in [4.78, 5) is 4.41. The number of piperidine rings is 1. The van der Waals surface area contributed by atoms with Crippen LogP contribution in [-0.4, -0.2) is 16.7 Å². The summed E-state index contributed by atoms with van der Waals surface area (Å²) < 4.78 is 10.3. The van der Waals surface area contributed by atoms with Crippen molar-refractivity contribution in [3.8, 4) is 11.4 Å². The summed E-state index contributed by atoms with van der Waals surface area (Å²) in [6.45, 7) is 3.26. The Morgan fingerprint density at radius 1 is 1.47 bits per heavy atom. The summed E-state index contributed by atoms with van der Waals surface area (Å²) >= 11 is 0. The minimum absolute atomic E-state index is 0.187. The molecule has 0 aromatic carbocycles. The van der Waals surface area contributed by atoms with Crippen molar-refractivity contribution >= 4 is 0 Å². The molecule has 17 heavy (non-hydrogen) atoms. The molecule has 1 saturated heterocycles. The van der Waals surface area contributed by atoms with Crippen LogP contribution in [0.5, 0.6) is 0 Å². The van der Waals surface area contributed by atoms with Crippen LogP contribution in [0.4, 0.5) is 0 Å². The van der Waals surface area contributed by atoms with Crippen molar-refractivity contribution in [2.45, 2.75) is 25.8 Å². The van der Waals surface area contributed by atoms with Gasteiger partial charge in [0.1, 0.15) is 6.26 Å². The minimum Gasteiger partial charge on any atom is -0.472 e. The Labute approximate surface area is 99.2 Å². The van der Waals surface area contributed by atoms with Gasteiger partial charge in [-0.1, -0.05) is 12.1 Å². The van der Waals surface area contributed by atoms with Crippen LogP contribution in [-0.2, 0) is 0 Å². The van der Waals surface area contributed by atoms with E-state index in [-0.39, 0.29) is 6.04 Å². The smallest absolute Gasteiger partial charge is 0.244 e. The van der Waals surface area contributed by atoms with Gasteiger partial charge in [0, 0.05) is 0 Å². The van der Waals surface area contributed by atoms with Crippen LogP contribution < -0.4 is 5.32 Å². The molecule has 0 spiro atoms. The molecule has 1 aliphatic rings. The van der Waals surface area contributed by atoms with Crippen LogP contribution in [0, 0.1) is 5.92 Å². The van der Waals surface area contributed by atoms with Crippen molar-refractivity contribution in [1.29, 1.82) is 0 Å². The van der Waals surface area contributed by atoms with Crippen LogP contribution in [0.3, 0.4) is 0 Å². The lowest BCUT2D eigenvalue weighted by Crippen LogP contribution is -2.30. The summed E-state index contributed by atoms with van der Waals surface area (Å²) in [6.07, 6.45) is 5.48. The number of hydrogen-bond donors (Lipinski definition) is 1. The predicted molar refractivity (Wildman–Crippen MR) is 61.1 cm³/mol. The fraction of sp³-hybridized carbons (Fsp3) is 0.500. The first-order valence-electron chi connectivity index (χ1n) is 5.92. The molecule has 2 aromatic rings. The standard InChI is InChI=1S/C12H15N3O2/c1-8-2-4-13-10(6-8)12-14-11(15-17-12)9-3-5-16-7-9/h3,5,7-8,10,13H,2,4,6H2,1H3. The second-order valence-corrected chi connectivity index (χ2v) is 4.60. The normalized spacial score (nSPS) is 25.0. The highest BCUT2D eigenvalue weighted by Crippen LogP contribution is 2.27. The van der Waals surface area contributed by atoms with Crippen LogP contribution in [0.2, 0.25) is 0 Å².